The molecule has 0 aliphatic carbocycles. The molecule has 0 radical (unpaired) electrons. The van der Waals surface area contributed by atoms with Crippen molar-refractivity contribution in [3.63, 3.8) is 0 Å². The van der Waals surface area contributed by atoms with Crippen LogP contribution in [0.4, 0.5) is 0 Å². The SMILES string of the molecule is C[Si](O)(O)O.O=C(O)CC(O)(CC(=O)O)C(=O)O. The maximum Gasteiger partial charge on any atom is 0.489 e. The second kappa shape index (κ2) is 7.02. The summed E-state index contributed by atoms with van der Waals surface area (Å²) in [6.45, 7) is 0.993. The predicted octanol–water partition coefficient (Wildman–Crippen LogP) is -2.72. The molecule has 0 saturated carbocycles. The molecule has 0 aromatic rings. The minimum Gasteiger partial charge on any atom is -0.481 e. The highest BCUT2D eigenvalue weighted by Gasteiger charge is 2.40. The normalized spacial score (nSPS) is 11.2. The minimum absolute atomic E-state index is 0.993. The van der Waals surface area contributed by atoms with E-state index in [9.17, 15) is 14.4 Å². The Morgan fingerprint density at radius 3 is 1.28 bits per heavy atom. The molecule has 0 heterocycles. The lowest BCUT2D eigenvalue weighted by molar-refractivity contribution is -0.170. The first-order valence-corrected chi connectivity index (χ1v) is 6.68. The molecule has 0 amide bonds. The van der Waals surface area contributed by atoms with E-state index >= 15 is 0 Å². The number of carboxylic acids is 3. The highest BCUT2D eigenvalue weighted by Crippen LogP contribution is 2.15. The largest absolute Gasteiger partial charge is 0.489 e. The lowest BCUT2D eigenvalue weighted by Gasteiger charge is -2.18. The van der Waals surface area contributed by atoms with Crippen molar-refractivity contribution >= 4 is 26.7 Å². The first kappa shape index (κ1) is 18.8. The van der Waals surface area contributed by atoms with Gasteiger partial charge in [0, 0.05) is 6.55 Å². The van der Waals surface area contributed by atoms with Gasteiger partial charge in [-0.1, -0.05) is 0 Å². The van der Waals surface area contributed by atoms with Gasteiger partial charge in [-0.25, -0.2) is 4.79 Å². The molecule has 18 heavy (non-hydrogen) atoms. The molecule has 7 N–H and O–H groups in total. The molecule has 0 rings (SSSR count). The van der Waals surface area contributed by atoms with Crippen molar-refractivity contribution in [2.45, 2.75) is 25.0 Å². The van der Waals surface area contributed by atoms with Crippen molar-refractivity contribution in [3.05, 3.63) is 0 Å². The number of rotatable bonds is 5. The smallest absolute Gasteiger partial charge is 0.481 e. The zero-order valence-corrected chi connectivity index (χ0v) is 10.3. The number of hydrogen-bond donors (Lipinski definition) is 7. The monoisotopic (exact) mass is 286 g/mol. The van der Waals surface area contributed by atoms with Crippen molar-refractivity contribution in [1.29, 1.82) is 0 Å². The van der Waals surface area contributed by atoms with Gasteiger partial charge in [0.05, 0.1) is 12.8 Å². The van der Waals surface area contributed by atoms with E-state index in [0.29, 0.717) is 0 Å². The van der Waals surface area contributed by atoms with E-state index in [2.05, 4.69) is 0 Å². The third kappa shape index (κ3) is 12.5. The average Bonchev–Trinajstić information content (AvgIpc) is 1.95. The molecule has 106 valence electrons. The number of aliphatic hydroxyl groups is 1. The van der Waals surface area contributed by atoms with Crippen LogP contribution in [0.25, 0.3) is 0 Å². The Labute approximate surface area is 102 Å². The van der Waals surface area contributed by atoms with E-state index in [1.807, 2.05) is 0 Å². The zero-order chi connectivity index (χ0) is 15.1. The molecule has 10 nitrogen and oxygen atoms in total. The summed E-state index contributed by atoms with van der Waals surface area (Å²) in [5.41, 5.74) is -2.74. The fraction of sp³-hybridized carbons (Fsp3) is 0.571. The summed E-state index contributed by atoms with van der Waals surface area (Å²) < 4.78 is 0. The van der Waals surface area contributed by atoms with Crippen molar-refractivity contribution in [1.82, 2.24) is 0 Å². The van der Waals surface area contributed by atoms with Crippen LogP contribution in [0.1, 0.15) is 12.8 Å². The standard InChI is InChI=1S/C6H8O7.CH6O3Si/c7-3(8)1-6(13,5(11)12)2-4(9)10;1-5(2,3)4/h13H,1-2H2,(H,7,8)(H,9,10)(H,11,12);2-4H,1H3. The number of carboxylic acid groups (broad SMARTS) is 3. The zero-order valence-electron chi connectivity index (χ0n) is 9.27. The average molecular weight is 286 g/mol. The summed E-state index contributed by atoms with van der Waals surface area (Å²) in [5.74, 6) is -5.02. The van der Waals surface area contributed by atoms with Crippen LogP contribution in [0.5, 0.6) is 0 Å². The van der Waals surface area contributed by atoms with Crippen LogP contribution in [0, 0.1) is 0 Å². The Morgan fingerprint density at radius 1 is 0.944 bits per heavy atom. The third-order valence-electron chi connectivity index (χ3n) is 1.29. The molecule has 0 aromatic heterocycles. The second-order valence-electron chi connectivity index (χ2n) is 3.45. The fourth-order valence-electron chi connectivity index (χ4n) is 0.714. The molecular formula is C7H14O10Si. The van der Waals surface area contributed by atoms with Crippen LogP contribution >= 0.6 is 0 Å². The summed E-state index contributed by atoms with van der Waals surface area (Å²) in [7, 11) is -3.61. The van der Waals surface area contributed by atoms with Gasteiger partial charge in [-0.2, -0.15) is 0 Å². The predicted molar refractivity (Wildman–Crippen MR) is 55.4 cm³/mol. The van der Waals surface area contributed by atoms with E-state index in [-0.39, 0.29) is 0 Å². The van der Waals surface area contributed by atoms with Gasteiger partial charge in [0.25, 0.3) is 0 Å². The highest BCUT2D eigenvalue weighted by atomic mass is 28.4. The van der Waals surface area contributed by atoms with Gasteiger partial charge in [0.2, 0.25) is 0 Å². The molecule has 0 saturated heterocycles. The number of carbonyl (C=O) groups is 3. The summed E-state index contributed by atoms with van der Waals surface area (Å²) >= 11 is 0. The Kier molecular flexibility index (Phi) is 7.35. The maximum absolute atomic E-state index is 10.3. The van der Waals surface area contributed by atoms with Crippen LogP contribution in [0.15, 0.2) is 0 Å². The van der Waals surface area contributed by atoms with Gasteiger partial charge >= 0.3 is 26.7 Å². The molecule has 0 aliphatic rings. The van der Waals surface area contributed by atoms with Crippen LogP contribution in [0.2, 0.25) is 6.55 Å². The van der Waals surface area contributed by atoms with Crippen LogP contribution in [-0.4, -0.2) is 67.1 Å². The van der Waals surface area contributed by atoms with Gasteiger partial charge in [-0.05, 0) is 0 Å². The van der Waals surface area contributed by atoms with Gasteiger partial charge in [-0.3, -0.25) is 9.59 Å². The van der Waals surface area contributed by atoms with E-state index in [0.717, 1.165) is 6.55 Å². The summed E-state index contributed by atoms with van der Waals surface area (Å²) in [5, 5.41) is 33.8. The summed E-state index contributed by atoms with van der Waals surface area (Å²) in [4.78, 5) is 53.8. The van der Waals surface area contributed by atoms with Crippen molar-refractivity contribution < 1.29 is 49.2 Å². The highest BCUT2D eigenvalue weighted by molar-refractivity contribution is 6.54. The number of hydrogen-bond acceptors (Lipinski definition) is 7. The van der Waals surface area contributed by atoms with Crippen molar-refractivity contribution in [2.75, 3.05) is 0 Å². The topological polar surface area (TPSA) is 193 Å². The van der Waals surface area contributed by atoms with Gasteiger partial charge in [0.1, 0.15) is 0 Å². The van der Waals surface area contributed by atoms with E-state index in [1.165, 1.54) is 0 Å². The molecule has 0 atom stereocenters. The molecule has 11 heteroatoms. The van der Waals surface area contributed by atoms with Gasteiger partial charge < -0.3 is 34.8 Å². The fourth-order valence-corrected chi connectivity index (χ4v) is 0.714. The molecule has 0 spiro atoms. The van der Waals surface area contributed by atoms with Gasteiger partial charge in [0.15, 0.2) is 5.60 Å². The van der Waals surface area contributed by atoms with Crippen molar-refractivity contribution in [3.8, 4) is 0 Å². The second-order valence-corrected chi connectivity index (χ2v) is 5.39. The summed E-state index contributed by atoms with van der Waals surface area (Å²) in [6.07, 6.45) is -2.29. The molecule has 0 fully saturated rings. The molecule has 0 bridgehead atoms. The Balaban J connectivity index is 0. The summed E-state index contributed by atoms with van der Waals surface area (Å²) in [6, 6.07) is 0. The molecule has 0 aromatic carbocycles. The molecular weight excluding hydrogens is 272 g/mol. The van der Waals surface area contributed by atoms with Crippen molar-refractivity contribution in [2.24, 2.45) is 0 Å². The van der Waals surface area contributed by atoms with Crippen LogP contribution < -0.4 is 0 Å². The molecule has 0 aliphatic heterocycles. The van der Waals surface area contributed by atoms with Crippen LogP contribution in [-0.2, 0) is 14.4 Å². The number of aliphatic carboxylic acids is 3. The first-order valence-electron chi connectivity index (χ1n) is 4.34. The first-order chi connectivity index (χ1) is 7.78. The Hall–Kier alpha value is -1.53. The Bertz CT molecular complexity index is 297. The van der Waals surface area contributed by atoms with E-state index in [1.54, 1.807) is 0 Å². The van der Waals surface area contributed by atoms with E-state index in [4.69, 9.17) is 34.8 Å². The minimum atomic E-state index is -3.61. The maximum atomic E-state index is 10.3. The molecule has 0 unspecified atom stereocenters. The Morgan fingerprint density at radius 2 is 1.17 bits per heavy atom. The van der Waals surface area contributed by atoms with E-state index < -0.39 is 45.2 Å². The quantitative estimate of drug-likeness (QED) is 0.261. The lowest BCUT2D eigenvalue weighted by Crippen LogP contribution is -2.42. The lowest BCUT2D eigenvalue weighted by atomic mass is 9.96. The third-order valence-corrected chi connectivity index (χ3v) is 1.29. The van der Waals surface area contributed by atoms with Gasteiger partial charge in [-0.15, -0.1) is 0 Å². The van der Waals surface area contributed by atoms with Crippen LogP contribution in [0.3, 0.4) is 0 Å².